The summed E-state index contributed by atoms with van der Waals surface area (Å²) in [5.74, 6) is -1.37. The van der Waals surface area contributed by atoms with Gasteiger partial charge in [0.2, 0.25) is 0 Å². The van der Waals surface area contributed by atoms with Crippen molar-refractivity contribution in [2.75, 3.05) is 25.7 Å². The molecule has 11 heteroatoms. The summed E-state index contributed by atoms with van der Waals surface area (Å²) in [6, 6.07) is 10.4. The minimum absolute atomic E-state index is 0.0476. The van der Waals surface area contributed by atoms with Crippen molar-refractivity contribution in [3.05, 3.63) is 69.7 Å². The molecule has 1 aliphatic heterocycles. The highest BCUT2D eigenvalue weighted by Crippen LogP contribution is 2.47. The number of benzene rings is 2. The normalized spacial score (nSPS) is 16.4. The maximum atomic E-state index is 13.5. The van der Waals surface area contributed by atoms with Gasteiger partial charge in [0.25, 0.3) is 5.78 Å². The summed E-state index contributed by atoms with van der Waals surface area (Å²) >= 11 is 0.928. The topological polar surface area (TPSA) is 124 Å². The molecule has 3 aromatic rings. The van der Waals surface area contributed by atoms with Gasteiger partial charge < -0.3 is 24.1 Å². The molecular weight excluding hydrogens is 536 g/mol. The predicted molar refractivity (Wildman–Crippen MR) is 149 cm³/mol. The fourth-order valence-corrected chi connectivity index (χ4v) is 5.35. The van der Waals surface area contributed by atoms with Gasteiger partial charge in [0, 0.05) is 17.2 Å². The van der Waals surface area contributed by atoms with Gasteiger partial charge in [-0.15, -0.1) is 0 Å². The van der Waals surface area contributed by atoms with Crippen LogP contribution < -0.4 is 19.1 Å². The molecule has 0 saturated carbocycles. The minimum atomic E-state index is -1.12. The summed E-state index contributed by atoms with van der Waals surface area (Å²) in [6.07, 6.45) is -0.0476. The summed E-state index contributed by atoms with van der Waals surface area (Å²) in [5, 5.41) is 11.5. The molecule has 1 unspecified atom stereocenters. The van der Waals surface area contributed by atoms with Gasteiger partial charge in [-0.3, -0.25) is 14.5 Å². The van der Waals surface area contributed by atoms with E-state index in [-0.39, 0.29) is 34.1 Å². The number of aliphatic hydroxyl groups is 1. The van der Waals surface area contributed by atoms with Crippen LogP contribution in [0.1, 0.15) is 53.3 Å². The van der Waals surface area contributed by atoms with Gasteiger partial charge in [0.15, 0.2) is 5.13 Å². The highest BCUT2D eigenvalue weighted by Gasteiger charge is 2.49. The minimum Gasteiger partial charge on any atom is -0.507 e. The quantitative estimate of drug-likeness (QED) is 0.164. The largest absolute Gasteiger partial charge is 0.507 e. The second-order valence-corrected chi connectivity index (χ2v) is 10.1. The number of esters is 1. The van der Waals surface area contributed by atoms with E-state index in [1.807, 2.05) is 13.8 Å². The Bertz CT molecular complexity index is 1480. The van der Waals surface area contributed by atoms with Gasteiger partial charge in [-0.1, -0.05) is 11.3 Å². The fourth-order valence-electron chi connectivity index (χ4n) is 4.36. The molecule has 2 aromatic carbocycles. The van der Waals surface area contributed by atoms with Crippen LogP contribution in [-0.2, 0) is 14.3 Å². The number of aryl methyl sites for hydroxylation is 1. The molecule has 1 aliphatic rings. The second-order valence-electron chi connectivity index (χ2n) is 9.10. The number of thiazole rings is 1. The number of anilines is 1. The van der Waals surface area contributed by atoms with Crippen molar-refractivity contribution >= 4 is 39.9 Å². The first kappa shape index (κ1) is 28.6. The van der Waals surface area contributed by atoms with E-state index in [0.717, 1.165) is 11.3 Å². The lowest BCUT2D eigenvalue weighted by atomic mass is 9.94. The number of hydrogen-bond acceptors (Lipinski definition) is 10. The summed E-state index contributed by atoms with van der Waals surface area (Å²) in [7, 11) is 2.95. The maximum Gasteiger partial charge on any atom is 0.350 e. The third-order valence-corrected chi connectivity index (χ3v) is 7.27. The average molecular weight is 567 g/mol. The molecular formula is C29H30N2O8S. The predicted octanol–water partition coefficient (Wildman–Crippen LogP) is 5.06. The van der Waals surface area contributed by atoms with E-state index in [1.165, 1.54) is 19.1 Å². The standard InChI is InChI=1S/C29H30N2O8S/c1-7-38-28(35)26-16(4)30-29(40-26)31-23(20-13-12-19(36-5)14-21(20)37-6)22(25(33)27(31)34)24(32)17-8-10-18(11-9-17)39-15(2)3/h8-15,23,32H,7H2,1-6H3/b24-22+. The number of ketones is 1. The lowest BCUT2D eigenvalue weighted by Gasteiger charge is -2.24. The molecule has 1 atom stereocenters. The third kappa shape index (κ3) is 5.37. The van der Waals surface area contributed by atoms with E-state index in [1.54, 1.807) is 56.3 Å². The SMILES string of the molecule is CCOC(=O)c1sc(N2C(=O)C(=O)/C(=C(/O)c3ccc(OC(C)C)cc3)C2c2ccc(OC)cc2OC)nc1C. The van der Waals surface area contributed by atoms with Crippen molar-refractivity contribution in [1.82, 2.24) is 4.98 Å². The van der Waals surface area contributed by atoms with E-state index in [9.17, 15) is 19.5 Å². The van der Waals surface area contributed by atoms with Crippen LogP contribution >= 0.6 is 11.3 Å². The molecule has 1 amide bonds. The Morgan fingerprint density at radius 3 is 2.35 bits per heavy atom. The number of methoxy groups -OCH3 is 2. The Morgan fingerprint density at radius 1 is 1.07 bits per heavy atom. The molecule has 0 aliphatic carbocycles. The number of nitrogens with zero attached hydrogens (tertiary/aromatic N) is 2. The van der Waals surface area contributed by atoms with Gasteiger partial charge in [0.1, 0.15) is 33.9 Å². The first-order valence-electron chi connectivity index (χ1n) is 12.6. The number of hydrogen-bond donors (Lipinski definition) is 1. The van der Waals surface area contributed by atoms with Crippen LogP contribution in [0.15, 0.2) is 48.0 Å². The number of rotatable bonds is 9. The molecule has 1 N–H and O–H groups in total. The zero-order valence-electron chi connectivity index (χ0n) is 23.0. The van der Waals surface area contributed by atoms with Gasteiger partial charge in [-0.2, -0.15) is 0 Å². The molecule has 210 valence electrons. The lowest BCUT2D eigenvalue weighted by molar-refractivity contribution is -0.132. The van der Waals surface area contributed by atoms with E-state index in [4.69, 9.17) is 18.9 Å². The highest BCUT2D eigenvalue weighted by atomic mass is 32.1. The number of carbonyl (C=O) groups excluding carboxylic acids is 3. The van der Waals surface area contributed by atoms with Crippen LogP contribution in [0.2, 0.25) is 0 Å². The maximum absolute atomic E-state index is 13.5. The van der Waals surface area contributed by atoms with Crippen LogP contribution in [0.5, 0.6) is 17.2 Å². The second kappa shape index (κ2) is 11.8. The zero-order valence-corrected chi connectivity index (χ0v) is 23.8. The molecule has 4 rings (SSSR count). The molecule has 1 fully saturated rings. The molecule has 40 heavy (non-hydrogen) atoms. The van der Waals surface area contributed by atoms with Crippen molar-refractivity contribution in [2.45, 2.75) is 39.8 Å². The Balaban J connectivity index is 1.92. The molecule has 2 heterocycles. The van der Waals surface area contributed by atoms with Crippen LogP contribution in [-0.4, -0.2) is 54.7 Å². The van der Waals surface area contributed by atoms with Gasteiger partial charge in [-0.05, 0) is 64.1 Å². The summed E-state index contributed by atoms with van der Waals surface area (Å²) in [5.41, 5.74) is 0.918. The van der Waals surface area contributed by atoms with Crippen molar-refractivity contribution in [1.29, 1.82) is 0 Å². The third-order valence-electron chi connectivity index (χ3n) is 6.13. The van der Waals surface area contributed by atoms with Crippen molar-refractivity contribution in [3.8, 4) is 17.2 Å². The molecule has 10 nitrogen and oxygen atoms in total. The van der Waals surface area contributed by atoms with Gasteiger partial charge >= 0.3 is 11.9 Å². The monoisotopic (exact) mass is 566 g/mol. The molecule has 1 aromatic heterocycles. The van der Waals surface area contributed by atoms with E-state index < -0.39 is 23.7 Å². The van der Waals surface area contributed by atoms with Crippen molar-refractivity contribution < 1.29 is 38.4 Å². The Kier molecular flexibility index (Phi) is 8.43. The Hall–Kier alpha value is -4.38. The van der Waals surface area contributed by atoms with Crippen LogP contribution in [0, 0.1) is 6.92 Å². The number of ether oxygens (including phenoxy) is 4. The van der Waals surface area contributed by atoms with Crippen LogP contribution in [0.4, 0.5) is 5.13 Å². The Morgan fingerprint density at radius 2 is 1.75 bits per heavy atom. The Labute approximate surface area is 235 Å². The number of carbonyl (C=O) groups is 3. The highest BCUT2D eigenvalue weighted by molar-refractivity contribution is 7.17. The molecule has 0 spiro atoms. The van der Waals surface area contributed by atoms with Gasteiger partial charge in [0.05, 0.1) is 38.2 Å². The van der Waals surface area contributed by atoms with Crippen LogP contribution in [0.3, 0.4) is 0 Å². The van der Waals surface area contributed by atoms with Crippen molar-refractivity contribution in [3.63, 3.8) is 0 Å². The average Bonchev–Trinajstić information content (AvgIpc) is 3.44. The molecule has 1 saturated heterocycles. The van der Waals surface area contributed by atoms with Crippen molar-refractivity contribution in [2.24, 2.45) is 0 Å². The molecule has 0 radical (unpaired) electrons. The number of aliphatic hydroxyl groups excluding tert-OH is 1. The van der Waals surface area contributed by atoms with Gasteiger partial charge in [-0.25, -0.2) is 9.78 Å². The number of aromatic nitrogens is 1. The lowest BCUT2D eigenvalue weighted by Crippen LogP contribution is -2.29. The number of Topliss-reactive ketones (excluding diaryl/α,β-unsaturated/α-hetero) is 1. The van der Waals surface area contributed by atoms with E-state index in [2.05, 4.69) is 4.98 Å². The summed E-state index contributed by atoms with van der Waals surface area (Å²) in [4.78, 5) is 45.4. The van der Waals surface area contributed by atoms with E-state index >= 15 is 0 Å². The summed E-state index contributed by atoms with van der Waals surface area (Å²) in [6.45, 7) is 7.26. The van der Waals surface area contributed by atoms with Crippen LogP contribution in [0.25, 0.3) is 5.76 Å². The first-order chi connectivity index (χ1) is 19.1. The summed E-state index contributed by atoms with van der Waals surface area (Å²) < 4.78 is 21.7. The van der Waals surface area contributed by atoms with E-state index in [0.29, 0.717) is 34.1 Å². The fraction of sp³-hybridized carbons (Fsp3) is 0.310. The number of amides is 1. The first-order valence-corrected chi connectivity index (χ1v) is 13.4. The molecule has 0 bridgehead atoms. The zero-order chi connectivity index (χ0) is 29.1. The smallest absolute Gasteiger partial charge is 0.350 e.